The van der Waals surface area contributed by atoms with Crippen molar-refractivity contribution in [3.05, 3.63) is 29.6 Å². The number of nitrogens with zero attached hydrogens (tertiary/aromatic N) is 1. The van der Waals surface area contributed by atoms with Crippen molar-refractivity contribution in [2.45, 2.75) is 12.8 Å². The number of likely N-dealkylation sites (tertiary alicyclic amines) is 1. The summed E-state index contributed by atoms with van der Waals surface area (Å²) in [6, 6.07) is 4.75. The highest BCUT2D eigenvalue weighted by Crippen LogP contribution is 2.16. The Morgan fingerprint density at radius 2 is 2.11 bits per heavy atom. The first-order valence-electron chi connectivity index (χ1n) is 6.63. The third-order valence-corrected chi connectivity index (χ3v) is 3.14. The van der Waals surface area contributed by atoms with Crippen LogP contribution in [0.25, 0.3) is 0 Å². The maximum atomic E-state index is 13.7. The van der Waals surface area contributed by atoms with E-state index in [0.29, 0.717) is 17.9 Å². The first-order chi connectivity index (χ1) is 9.29. The van der Waals surface area contributed by atoms with Gasteiger partial charge in [0, 0.05) is 12.6 Å². The van der Waals surface area contributed by atoms with Crippen molar-refractivity contribution in [1.82, 2.24) is 4.90 Å². The van der Waals surface area contributed by atoms with Crippen molar-refractivity contribution in [2.75, 3.05) is 32.8 Å². The summed E-state index contributed by atoms with van der Waals surface area (Å²) < 4.78 is 19.2. The van der Waals surface area contributed by atoms with Crippen molar-refractivity contribution in [3.8, 4) is 17.6 Å². The molecule has 102 valence electrons. The molecule has 19 heavy (non-hydrogen) atoms. The first-order valence-corrected chi connectivity index (χ1v) is 6.63. The van der Waals surface area contributed by atoms with Crippen molar-refractivity contribution >= 4 is 0 Å². The molecule has 4 heteroatoms. The van der Waals surface area contributed by atoms with Crippen molar-refractivity contribution in [1.29, 1.82) is 0 Å². The van der Waals surface area contributed by atoms with Gasteiger partial charge in [0.25, 0.3) is 0 Å². The van der Waals surface area contributed by atoms with Gasteiger partial charge in [-0.15, -0.1) is 0 Å². The van der Waals surface area contributed by atoms with Crippen LogP contribution in [0.2, 0.25) is 0 Å². The van der Waals surface area contributed by atoms with Gasteiger partial charge in [0.15, 0.2) is 0 Å². The number of hydrogen-bond donors (Lipinski definition) is 1. The van der Waals surface area contributed by atoms with E-state index >= 15 is 0 Å². The van der Waals surface area contributed by atoms with E-state index in [9.17, 15) is 4.39 Å². The van der Waals surface area contributed by atoms with Crippen LogP contribution in [0.15, 0.2) is 18.2 Å². The molecule has 1 heterocycles. The highest BCUT2D eigenvalue weighted by molar-refractivity contribution is 5.39. The van der Waals surface area contributed by atoms with Crippen molar-refractivity contribution in [2.24, 2.45) is 5.73 Å². The molecule has 2 rings (SSSR count). The molecule has 2 N–H and O–H groups in total. The summed E-state index contributed by atoms with van der Waals surface area (Å²) in [5.74, 6) is 5.51. The van der Waals surface area contributed by atoms with Crippen molar-refractivity contribution < 1.29 is 9.13 Å². The number of halogens is 1. The smallest absolute Gasteiger partial charge is 0.142 e. The summed E-state index contributed by atoms with van der Waals surface area (Å²) in [5, 5.41) is 0. The van der Waals surface area contributed by atoms with Crippen LogP contribution in [-0.2, 0) is 0 Å². The Bertz CT molecular complexity index is 473. The van der Waals surface area contributed by atoms with Crippen LogP contribution in [0.3, 0.4) is 0 Å². The Hall–Kier alpha value is -1.57. The highest BCUT2D eigenvalue weighted by Gasteiger charge is 2.11. The highest BCUT2D eigenvalue weighted by atomic mass is 19.1. The molecule has 0 amide bonds. The molecule has 0 unspecified atom stereocenters. The zero-order valence-electron chi connectivity index (χ0n) is 11.0. The summed E-state index contributed by atoms with van der Waals surface area (Å²) in [6.07, 6.45) is 2.53. The van der Waals surface area contributed by atoms with Crippen molar-refractivity contribution in [3.63, 3.8) is 0 Å². The van der Waals surface area contributed by atoms with Gasteiger partial charge in [0.1, 0.15) is 18.2 Å². The molecular weight excluding hydrogens is 243 g/mol. The minimum atomic E-state index is -0.361. The fourth-order valence-electron chi connectivity index (χ4n) is 2.13. The van der Waals surface area contributed by atoms with Crippen LogP contribution in [0.1, 0.15) is 18.4 Å². The molecule has 1 fully saturated rings. The Kier molecular flexibility index (Phi) is 5.20. The predicted octanol–water partition coefficient (Wildman–Crippen LogP) is 1.61. The molecule has 1 aromatic carbocycles. The van der Waals surface area contributed by atoms with E-state index in [2.05, 4.69) is 16.7 Å². The van der Waals surface area contributed by atoms with Gasteiger partial charge in [-0.1, -0.05) is 11.8 Å². The molecule has 0 atom stereocenters. The summed E-state index contributed by atoms with van der Waals surface area (Å²) in [6.45, 7) is 4.01. The minimum absolute atomic E-state index is 0.230. The van der Waals surface area contributed by atoms with Gasteiger partial charge in [-0.2, -0.15) is 0 Å². The van der Waals surface area contributed by atoms with E-state index < -0.39 is 0 Å². The van der Waals surface area contributed by atoms with E-state index in [4.69, 9.17) is 10.5 Å². The number of ether oxygens (including phenoxy) is 1. The molecule has 0 spiro atoms. The summed E-state index contributed by atoms with van der Waals surface area (Å²) >= 11 is 0. The predicted molar refractivity (Wildman–Crippen MR) is 73.5 cm³/mol. The van der Waals surface area contributed by atoms with Crippen LogP contribution >= 0.6 is 0 Å². The first kappa shape index (κ1) is 13.9. The topological polar surface area (TPSA) is 38.5 Å². The molecule has 1 aliphatic heterocycles. The quantitative estimate of drug-likeness (QED) is 0.838. The SMILES string of the molecule is NCC#Cc1ccc(OCCN2CCCC2)cc1F. The second-order valence-corrected chi connectivity index (χ2v) is 4.54. The van der Waals surface area contributed by atoms with Gasteiger partial charge >= 0.3 is 0 Å². The Morgan fingerprint density at radius 1 is 1.32 bits per heavy atom. The monoisotopic (exact) mass is 262 g/mol. The zero-order chi connectivity index (χ0) is 13.5. The van der Waals surface area contributed by atoms with Gasteiger partial charge in [0.05, 0.1) is 12.1 Å². The molecule has 1 saturated heterocycles. The summed E-state index contributed by atoms with van der Waals surface area (Å²) in [5.41, 5.74) is 5.62. The molecule has 0 aliphatic carbocycles. The van der Waals surface area contributed by atoms with Crippen LogP contribution in [0.4, 0.5) is 4.39 Å². The number of hydrogen-bond acceptors (Lipinski definition) is 3. The lowest BCUT2D eigenvalue weighted by molar-refractivity contribution is 0.237. The van der Waals surface area contributed by atoms with Crippen LogP contribution < -0.4 is 10.5 Å². The second kappa shape index (κ2) is 7.13. The van der Waals surface area contributed by atoms with E-state index in [0.717, 1.165) is 19.6 Å². The number of rotatable bonds is 4. The van der Waals surface area contributed by atoms with E-state index in [1.165, 1.54) is 18.9 Å². The van der Waals surface area contributed by atoms with Gasteiger partial charge in [0.2, 0.25) is 0 Å². The van der Waals surface area contributed by atoms with Gasteiger partial charge in [-0.05, 0) is 38.1 Å². The molecule has 0 bridgehead atoms. The Morgan fingerprint density at radius 3 is 2.79 bits per heavy atom. The fraction of sp³-hybridized carbons (Fsp3) is 0.467. The Labute approximate surface area is 113 Å². The van der Waals surface area contributed by atoms with E-state index in [1.54, 1.807) is 12.1 Å². The average Bonchev–Trinajstić information content (AvgIpc) is 2.91. The summed E-state index contributed by atoms with van der Waals surface area (Å²) in [7, 11) is 0. The molecule has 0 aromatic heterocycles. The van der Waals surface area contributed by atoms with Crippen LogP contribution in [-0.4, -0.2) is 37.7 Å². The average molecular weight is 262 g/mol. The standard InChI is InChI=1S/C15H19FN2O/c16-15-12-14(6-5-13(15)4-3-7-17)19-11-10-18-8-1-2-9-18/h5-6,12H,1-2,7-11,17H2. The van der Waals surface area contributed by atoms with Gasteiger partial charge in [-0.3, -0.25) is 4.90 Å². The molecule has 0 radical (unpaired) electrons. The lowest BCUT2D eigenvalue weighted by Gasteiger charge is -2.14. The Balaban J connectivity index is 1.85. The van der Waals surface area contributed by atoms with E-state index in [1.807, 2.05) is 0 Å². The molecule has 0 saturated carbocycles. The second-order valence-electron chi connectivity index (χ2n) is 4.54. The lowest BCUT2D eigenvalue weighted by atomic mass is 10.2. The largest absolute Gasteiger partial charge is 0.492 e. The summed E-state index contributed by atoms with van der Waals surface area (Å²) in [4.78, 5) is 2.36. The maximum absolute atomic E-state index is 13.7. The van der Waals surface area contributed by atoms with Crippen LogP contribution in [0.5, 0.6) is 5.75 Å². The third-order valence-electron chi connectivity index (χ3n) is 3.14. The van der Waals surface area contributed by atoms with Crippen LogP contribution in [0, 0.1) is 17.7 Å². The van der Waals surface area contributed by atoms with E-state index in [-0.39, 0.29) is 12.4 Å². The lowest BCUT2D eigenvalue weighted by Crippen LogP contribution is -2.25. The molecule has 3 nitrogen and oxygen atoms in total. The molecule has 1 aliphatic rings. The van der Waals surface area contributed by atoms with Gasteiger partial charge in [-0.25, -0.2) is 4.39 Å². The normalized spacial score (nSPS) is 15.1. The number of benzene rings is 1. The molecule has 1 aromatic rings. The minimum Gasteiger partial charge on any atom is -0.492 e. The van der Waals surface area contributed by atoms with Gasteiger partial charge < -0.3 is 10.5 Å². The third kappa shape index (κ3) is 4.23. The fourth-order valence-corrected chi connectivity index (χ4v) is 2.13. The number of nitrogens with two attached hydrogens (primary N) is 1. The molecular formula is C15H19FN2O. The maximum Gasteiger partial charge on any atom is 0.142 e. The zero-order valence-corrected chi connectivity index (χ0v) is 11.0.